The Kier molecular flexibility index (Phi) is 4.11. The molecule has 0 aliphatic carbocycles. The van der Waals surface area contributed by atoms with Crippen LogP contribution in [0.4, 0.5) is 5.82 Å². The van der Waals surface area contributed by atoms with Gasteiger partial charge in [0, 0.05) is 22.2 Å². The van der Waals surface area contributed by atoms with Crippen LogP contribution in [0.1, 0.15) is 5.69 Å². The van der Waals surface area contributed by atoms with Crippen molar-refractivity contribution in [1.29, 1.82) is 0 Å². The predicted molar refractivity (Wildman–Crippen MR) is 99.4 cm³/mol. The molecule has 0 spiro atoms. The maximum Gasteiger partial charge on any atom is 0.139 e. The molecule has 1 N–H and O–H groups in total. The van der Waals surface area contributed by atoms with Gasteiger partial charge in [-0.3, -0.25) is 4.98 Å². The Hall–Kier alpha value is -2.50. The van der Waals surface area contributed by atoms with E-state index in [0.29, 0.717) is 11.6 Å². The van der Waals surface area contributed by atoms with Crippen LogP contribution < -0.4 is 5.32 Å². The van der Waals surface area contributed by atoms with Crippen LogP contribution in [0.3, 0.4) is 0 Å². The minimum atomic E-state index is 0.609. The van der Waals surface area contributed by atoms with Gasteiger partial charge in [0.05, 0.1) is 17.6 Å². The number of thiophene rings is 1. The summed E-state index contributed by atoms with van der Waals surface area (Å²) in [6.45, 7) is 0.609. The molecular formula is C18H13ClN4S. The molecule has 4 aromatic rings. The molecule has 0 saturated carbocycles. The van der Waals surface area contributed by atoms with Gasteiger partial charge in [-0.25, -0.2) is 9.97 Å². The van der Waals surface area contributed by atoms with Gasteiger partial charge < -0.3 is 5.32 Å². The van der Waals surface area contributed by atoms with Crippen molar-refractivity contribution in [3.05, 3.63) is 71.1 Å². The lowest BCUT2D eigenvalue weighted by atomic mass is 10.1. The molecule has 4 nitrogen and oxygen atoms in total. The zero-order valence-corrected chi connectivity index (χ0v) is 14.2. The number of hydrogen-bond donors (Lipinski definition) is 1. The maximum absolute atomic E-state index is 6.14. The van der Waals surface area contributed by atoms with Gasteiger partial charge in [0.1, 0.15) is 17.0 Å². The third-order valence-corrected chi connectivity index (χ3v) is 4.79. The highest BCUT2D eigenvalue weighted by molar-refractivity contribution is 7.17. The summed E-state index contributed by atoms with van der Waals surface area (Å²) < 4.78 is 0. The Bertz CT molecular complexity index is 985. The highest BCUT2D eigenvalue weighted by Crippen LogP contribution is 2.37. The number of hydrogen-bond acceptors (Lipinski definition) is 5. The second-order valence-electron chi connectivity index (χ2n) is 5.24. The van der Waals surface area contributed by atoms with Gasteiger partial charge in [0.15, 0.2) is 0 Å². The molecule has 0 atom stereocenters. The molecule has 118 valence electrons. The van der Waals surface area contributed by atoms with Crippen LogP contribution in [0, 0.1) is 0 Å². The normalized spacial score (nSPS) is 10.9. The summed E-state index contributed by atoms with van der Waals surface area (Å²) in [5, 5.41) is 7.20. The topological polar surface area (TPSA) is 50.7 Å². The second-order valence-corrected chi connectivity index (χ2v) is 6.53. The lowest BCUT2D eigenvalue weighted by molar-refractivity contribution is 1.03. The van der Waals surface area contributed by atoms with Crippen LogP contribution in [-0.4, -0.2) is 15.0 Å². The number of nitrogens with zero attached hydrogens (tertiary/aromatic N) is 3. The minimum Gasteiger partial charge on any atom is -0.364 e. The Labute approximate surface area is 148 Å². The molecule has 24 heavy (non-hydrogen) atoms. The third kappa shape index (κ3) is 2.96. The molecule has 0 radical (unpaired) electrons. The number of anilines is 1. The van der Waals surface area contributed by atoms with Crippen LogP contribution in [-0.2, 0) is 6.54 Å². The van der Waals surface area contributed by atoms with Crippen LogP contribution in [0.15, 0.2) is 60.4 Å². The first-order valence-corrected chi connectivity index (χ1v) is 8.69. The van der Waals surface area contributed by atoms with Gasteiger partial charge in [0.25, 0.3) is 0 Å². The molecule has 0 amide bonds. The number of halogens is 1. The first kappa shape index (κ1) is 15.1. The van der Waals surface area contributed by atoms with E-state index in [9.17, 15) is 0 Å². The van der Waals surface area contributed by atoms with Crippen molar-refractivity contribution in [3.63, 3.8) is 0 Å². The fraction of sp³-hybridized carbons (Fsp3) is 0.0556. The molecule has 6 heteroatoms. The zero-order valence-electron chi connectivity index (χ0n) is 12.6. The van der Waals surface area contributed by atoms with Crippen molar-refractivity contribution in [2.45, 2.75) is 6.54 Å². The van der Waals surface area contributed by atoms with Gasteiger partial charge in [0.2, 0.25) is 0 Å². The van der Waals surface area contributed by atoms with E-state index in [1.165, 1.54) is 0 Å². The molecule has 4 rings (SSSR count). The van der Waals surface area contributed by atoms with E-state index in [2.05, 4.69) is 25.6 Å². The monoisotopic (exact) mass is 352 g/mol. The molecule has 0 unspecified atom stereocenters. The molecular weight excluding hydrogens is 340 g/mol. The summed E-state index contributed by atoms with van der Waals surface area (Å²) in [5.74, 6) is 0.807. The summed E-state index contributed by atoms with van der Waals surface area (Å²) in [4.78, 5) is 14.1. The molecule has 0 fully saturated rings. The molecule has 0 saturated heterocycles. The van der Waals surface area contributed by atoms with Gasteiger partial charge >= 0.3 is 0 Å². The van der Waals surface area contributed by atoms with Crippen LogP contribution in [0.2, 0.25) is 5.02 Å². The highest BCUT2D eigenvalue weighted by Gasteiger charge is 2.13. The highest BCUT2D eigenvalue weighted by atomic mass is 35.5. The first-order valence-electron chi connectivity index (χ1n) is 7.43. The summed E-state index contributed by atoms with van der Waals surface area (Å²) in [7, 11) is 0. The van der Waals surface area contributed by atoms with Crippen molar-refractivity contribution in [3.8, 4) is 11.1 Å². The number of pyridine rings is 1. The van der Waals surface area contributed by atoms with Gasteiger partial charge in [-0.05, 0) is 29.8 Å². The summed E-state index contributed by atoms with van der Waals surface area (Å²) in [6, 6.07) is 13.7. The SMILES string of the molecule is Clc1cccc(-c2csc3ncnc(NCc4ccccn4)c23)c1. The zero-order chi connectivity index (χ0) is 16.4. The third-order valence-electron chi connectivity index (χ3n) is 3.67. The molecule has 0 aliphatic rings. The van der Waals surface area contributed by atoms with E-state index in [0.717, 1.165) is 32.9 Å². The van der Waals surface area contributed by atoms with E-state index in [4.69, 9.17) is 11.6 Å². The van der Waals surface area contributed by atoms with Crippen molar-refractivity contribution in [1.82, 2.24) is 15.0 Å². The molecule has 3 aromatic heterocycles. The second kappa shape index (κ2) is 6.55. The van der Waals surface area contributed by atoms with E-state index in [1.807, 2.05) is 42.5 Å². The fourth-order valence-corrected chi connectivity index (χ4v) is 3.66. The fourth-order valence-electron chi connectivity index (χ4n) is 2.55. The van der Waals surface area contributed by atoms with Crippen LogP contribution >= 0.6 is 22.9 Å². The standard InChI is InChI=1S/C18H13ClN4S/c19-13-5-3-4-12(8-13)15-10-24-18-16(15)17(22-11-23-18)21-9-14-6-1-2-7-20-14/h1-8,10-11H,9H2,(H,21,22,23). The molecule has 1 aromatic carbocycles. The molecule has 0 aliphatic heterocycles. The van der Waals surface area contributed by atoms with Crippen molar-refractivity contribution < 1.29 is 0 Å². The average Bonchev–Trinajstić information content (AvgIpc) is 3.05. The lowest BCUT2D eigenvalue weighted by Crippen LogP contribution is -2.03. The number of rotatable bonds is 4. The summed E-state index contributed by atoms with van der Waals surface area (Å²) in [5.41, 5.74) is 3.11. The minimum absolute atomic E-state index is 0.609. The largest absolute Gasteiger partial charge is 0.364 e. The Morgan fingerprint density at radius 2 is 2.00 bits per heavy atom. The average molecular weight is 353 g/mol. The van der Waals surface area contributed by atoms with Gasteiger partial charge in [-0.15, -0.1) is 11.3 Å². The summed E-state index contributed by atoms with van der Waals surface area (Å²) in [6.07, 6.45) is 3.37. The molecule has 3 heterocycles. The Morgan fingerprint density at radius 3 is 2.83 bits per heavy atom. The Balaban J connectivity index is 1.74. The number of fused-ring (bicyclic) bond motifs is 1. The summed E-state index contributed by atoms with van der Waals surface area (Å²) >= 11 is 7.74. The van der Waals surface area contributed by atoms with Gasteiger partial charge in [-0.1, -0.05) is 29.8 Å². The van der Waals surface area contributed by atoms with E-state index in [1.54, 1.807) is 23.9 Å². The van der Waals surface area contributed by atoms with E-state index < -0.39 is 0 Å². The van der Waals surface area contributed by atoms with E-state index in [-0.39, 0.29) is 0 Å². The van der Waals surface area contributed by atoms with Crippen molar-refractivity contribution >= 4 is 39.0 Å². The van der Waals surface area contributed by atoms with Crippen molar-refractivity contribution in [2.24, 2.45) is 0 Å². The lowest BCUT2D eigenvalue weighted by Gasteiger charge is -2.08. The number of benzene rings is 1. The van der Waals surface area contributed by atoms with Crippen molar-refractivity contribution in [2.75, 3.05) is 5.32 Å². The van der Waals surface area contributed by atoms with Gasteiger partial charge in [-0.2, -0.15) is 0 Å². The van der Waals surface area contributed by atoms with Crippen LogP contribution in [0.5, 0.6) is 0 Å². The Morgan fingerprint density at radius 1 is 1.04 bits per heavy atom. The number of aromatic nitrogens is 3. The maximum atomic E-state index is 6.14. The van der Waals surface area contributed by atoms with E-state index >= 15 is 0 Å². The smallest absolute Gasteiger partial charge is 0.139 e. The van der Waals surface area contributed by atoms with Crippen LogP contribution in [0.25, 0.3) is 21.3 Å². The molecule has 0 bridgehead atoms. The number of nitrogens with one attached hydrogen (secondary N) is 1. The first-order chi connectivity index (χ1) is 11.8. The predicted octanol–water partition coefficient (Wildman–Crippen LogP) is 5.02. The quantitative estimate of drug-likeness (QED) is 0.560.